The number of hydrogen-bond donors (Lipinski definition) is 1. The summed E-state index contributed by atoms with van der Waals surface area (Å²) in [5, 5.41) is 3.40. The van der Waals surface area contributed by atoms with Gasteiger partial charge < -0.3 is 5.32 Å². The first-order valence-electron chi connectivity index (χ1n) is 6.90. The van der Waals surface area contributed by atoms with E-state index >= 15 is 0 Å². The van der Waals surface area contributed by atoms with Gasteiger partial charge in [0.05, 0.1) is 0 Å². The topological polar surface area (TPSA) is 15.3 Å². The van der Waals surface area contributed by atoms with Gasteiger partial charge in [0, 0.05) is 12.6 Å². The highest BCUT2D eigenvalue weighted by Gasteiger charge is 2.20. The summed E-state index contributed by atoms with van der Waals surface area (Å²) < 4.78 is 13.1. The number of halogens is 1. The SMILES string of the molecule is CCN(Cc1ccc(F)cc1C)C1CCNCC1. The Hall–Kier alpha value is -0.930. The van der Waals surface area contributed by atoms with Gasteiger partial charge in [-0.25, -0.2) is 4.39 Å². The van der Waals surface area contributed by atoms with Crippen molar-refractivity contribution in [3.05, 3.63) is 35.1 Å². The molecule has 0 bridgehead atoms. The lowest BCUT2D eigenvalue weighted by molar-refractivity contribution is 0.162. The van der Waals surface area contributed by atoms with Gasteiger partial charge in [-0.15, -0.1) is 0 Å². The van der Waals surface area contributed by atoms with Crippen molar-refractivity contribution in [2.75, 3.05) is 19.6 Å². The summed E-state index contributed by atoms with van der Waals surface area (Å²) in [4.78, 5) is 2.51. The maximum atomic E-state index is 13.1. The molecule has 1 N–H and O–H groups in total. The monoisotopic (exact) mass is 250 g/mol. The van der Waals surface area contributed by atoms with Gasteiger partial charge >= 0.3 is 0 Å². The summed E-state index contributed by atoms with van der Waals surface area (Å²) in [5.41, 5.74) is 2.30. The standard InChI is InChI=1S/C15H23FN2/c1-3-18(15-6-8-17-9-7-15)11-13-4-5-14(16)10-12(13)2/h4-5,10,15,17H,3,6-9,11H2,1-2H3. The van der Waals surface area contributed by atoms with Crippen LogP contribution in [0.4, 0.5) is 4.39 Å². The number of aryl methyl sites for hydroxylation is 1. The maximum absolute atomic E-state index is 13.1. The minimum atomic E-state index is -0.138. The second-order valence-corrected chi connectivity index (χ2v) is 5.12. The van der Waals surface area contributed by atoms with Gasteiger partial charge in [-0.1, -0.05) is 13.0 Å². The molecule has 1 aliphatic heterocycles. The van der Waals surface area contributed by atoms with Crippen molar-refractivity contribution < 1.29 is 4.39 Å². The van der Waals surface area contributed by atoms with Crippen LogP contribution in [0, 0.1) is 12.7 Å². The molecule has 0 aliphatic carbocycles. The summed E-state index contributed by atoms with van der Waals surface area (Å²) >= 11 is 0. The van der Waals surface area contributed by atoms with E-state index < -0.39 is 0 Å². The first-order valence-corrected chi connectivity index (χ1v) is 6.90. The fourth-order valence-electron chi connectivity index (χ4n) is 2.73. The van der Waals surface area contributed by atoms with Crippen molar-refractivity contribution in [3.8, 4) is 0 Å². The molecular formula is C15H23FN2. The van der Waals surface area contributed by atoms with Crippen LogP contribution >= 0.6 is 0 Å². The molecule has 0 atom stereocenters. The van der Waals surface area contributed by atoms with Crippen LogP contribution in [-0.2, 0) is 6.54 Å². The summed E-state index contributed by atoms with van der Waals surface area (Å²) in [5.74, 6) is -0.138. The highest BCUT2D eigenvalue weighted by Crippen LogP contribution is 2.18. The van der Waals surface area contributed by atoms with E-state index in [0.29, 0.717) is 6.04 Å². The lowest BCUT2D eigenvalue weighted by Crippen LogP contribution is -2.42. The predicted molar refractivity (Wildman–Crippen MR) is 73.1 cm³/mol. The molecule has 2 rings (SSSR count). The molecule has 18 heavy (non-hydrogen) atoms. The van der Waals surface area contributed by atoms with Crippen molar-refractivity contribution in [3.63, 3.8) is 0 Å². The molecule has 1 aromatic rings. The third-order valence-corrected chi connectivity index (χ3v) is 3.91. The van der Waals surface area contributed by atoms with Crippen molar-refractivity contribution >= 4 is 0 Å². The van der Waals surface area contributed by atoms with Crippen LogP contribution in [0.5, 0.6) is 0 Å². The average Bonchev–Trinajstić information content (AvgIpc) is 2.39. The molecule has 1 heterocycles. The molecule has 1 saturated heterocycles. The Balaban J connectivity index is 2.04. The van der Waals surface area contributed by atoms with Gasteiger partial charge in [0.25, 0.3) is 0 Å². The van der Waals surface area contributed by atoms with Crippen LogP contribution in [-0.4, -0.2) is 30.6 Å². The Morgan fingerprint density at radius 1 is 1.33 bits per heavy atom. The molecule has 0 saturated carbocycles. The Kier molecular flexibility index (Phi) is 4.72. The Bertz CT molecular complexity index is 386. The van der Waals surface area contributed by atoms with Gasteiger partial charge in [0.15, 0.2) is 0 Å². The first kappa shape index (κ1) is 13.5. The third kappa shape index (κ3) is 3.30. The zero-order chi connectivity index (χ0) is 13.0. The molecule has 1 aromatic carbocycles. The van der Waals surface area contributed by atoms with Gasteiger partial charge in [0.1, 0.15) is 5.82 Å². The van der Waals surface area contributed by atoms with E-state index in [4.69, 9.17) is 0 Å². The predicted octanol–water partition coefficient (Wildman–Crippen LogP) is 2.71. The second kappa shape index (κ2) is 6.30. The molecule has 0 unspecified atom stereocenters. The molecule has 1 fully saturated rings. The van der Waals surface area contributed by atoms with E-state index in [-0.39, 0.29) is 5.82 Å². The van der Waals surface area contributed by atoms with Crippen molar-refractivity contribution in [1.29, 1.82) is 0 Å². The van der Waals surface area contributed by atoms with E-state index in [1.165, 1.54) is 18.4 Å². The number of nitrogens with zero attached hydrogens (tertiary/aromatic N) is 1. The highest BCUT2D eigenvalue weighted by molar-refractivity contribution is 5.26. The number of piperidine rings is 1. The van der Waals surface area contributed by atoms with Crippen LogP contribution in [0.25, 0.3) is 0 Å². The van der Waals surface area contributed by atoms with Crippen LogP contribution in [0.1, 0.15) is 30.9 Å². The molecule has 1 aliphatic rings. The molecule has 0 spiro atoms. The van der Waals surface area contributed by atoms with E-state index in [9.17, 15) is 4.39 Å². The van der Waals surface area contributed by atoms with Crippen LogP contribution < -0.4 is 5.32 Å². The minimum Gasteiger partial charge on any atom is -0.317 e. The zero-order valence-electron chi connectivity index (χ0n) is 11.4. The Morgan fingerprint density at radius 3 is 2.67 bits per heavy atom. The van der Waals surface area contributed by atoms with E-state index in [1.807, 2.05) is 13.0 Å². The van der Waals surface area contributed by atoms with E-state index in [1.54, 1.807) is 12.1 Å². The van der Waals surface area contributed by atoms with Crippen molar-refractivity contribution in [2.24, 2.45) is 0 Å². The molecule has 100 valence electrons. The normalized spacial score (nSPS) is 17.3. The third-order valence-electron chi connectivity index (χ3n) is 3.91. The van der Waals surface area contributed by atoms with Gasteiger partial charge in [0.2, 0.25) is 0 Å². The van der Waals surface area contributed by atoms with Crippen LogP contribution in [0.3, 0.4) is 0 Å². The molecule has 0 radical (unpaired) electrons. The maximum Gasteiger partial charge on any atom is 0.123 e. The van der Waals surface area contributed by atoms with Crippen molar-refractivity contribution in [1.82, 2.24) is 10.2 Å². The molecule has 0 amide bonds. The largest absolute Gasteiger partial charge is 0.317 e. The highest BCUT2D eigenvalue weighted by atomic mass is 19.1. The van der Waals surface area contributed by atoms with Gasteiger partial charge in [-0.05, 0) is 62.7 Å². The number of benzene rings is 1. The fourth-order valence-corrected chi connectivity index (χ4v) is 2.73. The molecule has 0 aromatic heterocycles. The summed E-state index contributed by atoms with van der Waals surface area (Å²) in [6.07, 6.45) is 2.43. The Morgan fingerprint density at radius 2 is 2.06 bits per heavy atom. The lowest BCUT2D eigenvalue weighted by atomic mass is 10.0. The molecule has 2 nitrogen and oxygen atoms in total. The fraction of sp³-hybridized carbons (Fsp3) is 0.600. The minimum absolute atomic E-state index is 0.138. The second-order valence-electron chi connectivity index (χ2n) is 5.12. The van der Waals surface area contributed by atoms with Crippen molar-refractivity contribution in [2.45, 2.75) is 39.3 Å². The molecule has 3 heteroatoms. The average molecular weight is 250 g/mol. The number of rotatable bonds is 4. The zero-order valence-corrected chi connectivity index (χ0v) is 11.4. The van der Waals surface area contributed by atoms with Gasteiger partial charge in [-0.3, -0.25) is 4.90 Å². The molecular weight excluding hydrogens is 227 g/mol. The summed E-state index contributed by atoms with van der Waals surface area (Å²) in [6.45, 7) is 8.43. The number of nitrogens with one attached hydrogen (secondary N) is 1. The van der Waals surface area contributed by atoms with Crippen LogP contribution in [0.15, 0.2) is 18.2 Å². The lowest BCUT2D eigenvalue weighted by Gasteiger charge is -2.34. The van der Waals surface area contributed by atoms with Crippen LogP contribution in [0.2, 0.25) is 0 Å². The Labute approximate surface area is 109 Å². The quantitative estimate of drug-likeness (QED) is 0.884. The van der Waals surface area contributed by atoms with E-state index in [2.05, 4.69) is 17.1 Å². The summed E-state index contributed by atoms with van der Waals surface area (Å²) in [7, 11) is 0. The van der Waals surface area contributed by atoms with E-state index in [0.717, 1.165) is 31.7 Å². The summed E-state index contributed by atoms with van der Waals surface area (Å²) in [6, 6.07) is 5.79. The van der Waals surface area contributed by atoms with Gasteiger partial charge in [-0.2, -0.15) is 0 Å². The number of hydrogen-bond acceptors (Lipinski definition) is 2. The smallest absolute Gasteiger partial charge is 0.123 e. The first-order chi connectivity index (χ1) is 8.70.